The third kappa shape index (κ3) is 2.68. The number of nitrogens with zero attached hydrogens (tertiary/aromatic N) is 2. The number of halogens is 3. The Labute approximate surface area is 125 Å². The number of benzene rings is 1. The molecule has 3 rings (SSSR count). The number of hydrogen-bond donors (Lipinski definition) is 1. The van der Waals surface area contributed by atoms with Gasteiger partial charge in [-0.25, -0.2) is 0 Å². The fraction of sp³-hybridized carbons (Fsp3) is 0.250. The van der Waals surface area contributed by atoms with E-state index in [1.54, 1.807) is 12.1 Å². The Balaban J connectivity index is 2.05. The molecule has 1 unspecified atom stereocenters. The van der Waals surface area contributed by atoms with Crippen molar-refractivity contribution in [1.29, 1.82) is 0 Å². The summed E-state index contributed by atoms with van der Waals surface area (Å²) in [6.45, 7) is 1.95. The van der Waals surface area contributed by atoms with Crippen molar-refractivity contribution in [1.82, 2.24) is 10.2 Å². The minimum atomic E-state index is -4.41. The van der Waals surface area contributed by atoms with Gasteiger partial charge in [-0.3, -0.25) is 0 Å². The summed E-state index contributed by atoms with van der Waals surface area (Å²) in [7, 11) is 0. The number of allylic oxidation sites excluding steroid dienone is 1. The molecular weight excluding hydrogens is 293 g/mol. The number of rotatable bonds is 1. The molecule has 1 heterocycles. The van der Waals surface area contributed by atoms with E-state index in [1.165, 1.54) is 12.1 Å². The number of aliphatic hydroxyl groups excluding tert-OH is 1. The minimum absolute atomic E-state index is 0.0943. The first-order chi connectivity index (χ1) is 10.3. The minimum Gasteiger partial charge on any atom is -0.508 e. The normalized spacial score (nSPS) is 17.8. The second-order valence-corrected chi connectivity index (χ2v) is 5.40. The summed E-state index contributed by atoms with van der Waals surface area (Å²) in [5.41, 5.74) is 1.07. The lowest BCUT2D eigenvalue weighted by molar-refractivity contribution is -0.137. The quantitative estimate of drug-likeness (QED) is 0.856. The first-order valence-electron chi connectivity index (χ1n) is 6.80. The second-order valence-electron chi connectivity index (χ2n) is 5.40. The third-order valence-electron chi connectivity index (χ3n) is 3.59. The molecule has 1 aliphatic carbocycles. The van der Waals surface area contributed by atoms with Crippen LogP contribution in [0.3, 0.4) is 0 Å². The van der Waals surface area contributed by atoms with Crippen LogP contribution < -0.4 is 0 Å². The molecule has 0 amide bonds. The molecular formula is C16H13F3N2O. The largest absolute Gasteiger partial charge is 0.508 e. The van der Waals surface area contributed by atoms with Gasteiger partial charge in [-0.05, 0) is 36.6 Å². The number of alkyl halides is 3. The SMILES string of the molecule is CC1C=C(O)c2cc(-c3cccc(C(F)(F)F)c3)nnc2C1. The zero-order valence-corrected chi connectivity index (χ0v) is 11.7. The van der Waals surface area contributed by atoms with Gasteiger partial charge >= 0.3 is 6.18 Å². The Hall–Kier alpha value is -2.37. The van der Waals surface area contributed by atoms with Crippen LogP contribution in [0.2, 0.25) is 0 Å². The van der Waals surface area contributed by atoms with Gasteiger partial charge in [0, 0.05) is 11.1 Å². The predicted octanol–water partition coefficient (Wildman–Crippen LogP) is 4.25. The van der Waals surface area contributed by atoms with E-state index in [9.17, 15) is 18.3 Å². The lowest BCUT2D eigenvalue weighted by Gasteiger charge is -2.17. The number of hydrogen-bond acceptors (Lipinski definition) is 3. The fourth-order valence-corrected chi connectivity index (χ4v) is 2.51. The van der Waals surface area contributed by atoms with Gasteiger partial charge in [0.25, 0.3) is 0 Å². The summed E-state index contributed by atoms with van der Waals surface area (Å²) in [4.78, 5) is 0. The molecule has 1 atom stereocenters. The van der Waals surface area contributed by atoms with Crippen molar-refractivity contribution in [3.05, 3.63) is 53.2 Å². The van der Waals surface area contributed by atoms with Crippen LogP contribution in [-0.4, -0.2) is 15.3 Å². The van der Waals surface area contributed by atoms with E-state index < -0.39 is 11.7 Å². The van der Waals surface area contributed by atoms with Gasteiger partial charge in [-0.1, -0.05) is 19.1 Å². The Bertz CT molecular complexity index is 753. The Morgan fingerprint density at radius 1 is 1.18 bits per heavy atom. The van der Waals surface area contributed by atoms with Crippen LogP contribution in [0.25, 0.3) is 17.0 Å². The maximum Gasteiger partial charge on any atom is 0.416 e. The molecule has 0 radical (unpaired) electrons. The zero-order valence-electron chi connectivity index (χ0n) is 11.7. The van der Waals surface area contributed by atoms with Crippen molar-refractivity contribution in [3.63, 3.8) is 0 Å². The summed E-state index contributed by atoms with van der Waals surface area (Å²) in [6, 6.07) is 6.49. The topological polar surface area (TPSA) is 46.0 Å². The van der Waals surface area contributed by atoms with Crippen LogP contribution >= 0.6 is 0 Å². The molecule has 0 saturated carbocycles. The highest BCUT2D eigenvalue weighted by Gasteiger charge is 2.30. The predicted molar refractivity (Wildman–Crippen MR) is 75.9 cm³/mol. The van der Waals surface area contributed by atoms with Crippen LogP contribution in [0.1, 0.15) is 23.7 Å². The molecule has 0 fully saturated rings. The highest BCUT2D eigenvalue weighted by molar-refractivity contribution is 5.69. The average molecular weight is 306 g/mol. The van der Waals surface area contributed by atoms with Crippen molar-refractivity contribution in [2.45, 2.75) is 19.5 Å². The van der Waals surface area contributed by atoms with Crippen LogP contribution in [-0.2, 0) is 12.6 Å². The van der Waals surface area contributed by atoms with E-state index in [0.717, 1.165) is 12.1 Å². The van der Waals surface area contributed by atoms with E-state index in [1.807, 2.05) is 6.92 Å². The van der Waals surface area contributed by atoms with Crippen LogP contribution in [0.4, 0.5) is 13.2 Å². The lowest BCUT2D eigenvalue weighted by Crippen LogP contribution is -2.11. The fourth-order valence-electron chi connectivity index (χ4n) is 2.51. The summed E-state index contributed by atoms with van der Waals surface area (Å²) in [5.74, 6) is 0.248. The molecule has 0 spiro atoms. The molecule has 114 valence electrons. The second kappa shape index (κ2) is 5.12. The third-order valence-corrected chi connectivity index (χ3v) is 3.59. The maximum absolute atomic E-state index is 12.8. The average Bonchev–Trinajstić information content (AvgIpc) is 2.46. The number of fused-ring (bicyclic) bond motifs is 1. The highest BCUT2D eigenvalue weighted by Crippen LogP contribution is 2.33. The van der Waals surface area contributed by atoms with Gasteiger partial charge in [0.2, 0.25) is 0 Å². The summed E-state index contributed by atoms with van der Waals surface area (Å²) < 4.78 is 38.3. The molecule has 1 aliphatic rings. The molecule has 3 nitrogen and oxygen atoms in total. The Morgan fingerprint density at radius 2 is 1.95 bits per heavy atom. The Kier molecular flexibility index (Phi) is 3.39. The van der Waals surface area contributed by atoms with Crippen molar-refractivity contribution >= 4 is 5.76 Å². The molecule has 1 aromatic carbocycles. The molecule has 0 saturated heterocycles. The Morgan fingerprint density at radius 3 is 2.68 bits per heavy atom. The van der Waals surface area contributed by atoms with Gasteiger partial charge < -0.3 is 5.11 Å². The molecule has 2 aromatic rings. The van der Waals surface area contributed by atoms with E-state index in [-0.39, 0.29) is 11.7 Å². The van der Waals surface area contributed by atoms with Gasteiger partial charge in [-0.15, -0.1) is 0 Å². The smallest absolute Gasteiger partial charge is 0.416 e. The van der Waals surface area contributed by atoms with Gasteiger partial charge in [-0.2, -0.15) is 23.4 Å². The van der Waals surface area contributed by atoms with Crippen molar-refractivity contribution in [3.8, 4) is 11.3 Å². The lowest BCUT2D eigenvalue weighted by atomic mass is 9.93. The first kappa shape index (κ1) is 14.6. The standard InChI is InChI=1S/C16H13F3N2O/c1-9-5-14-12(15(22)6-9)8-13(20-21-14)10-3-2-4-11(7-10)16(17,18)19/h2-4,6-9,22H,5H2,1H3. The summed E-state index contributed by atoms with van der Waals surface area (Å²) in [5, 5.41) is 18.1. The zero-order chi connectivity index (χ0) is 15.9. The first-order valence-corrected chi connectivity index (χ1v) is 6.80. The van der Waals surface area contributed by atoms with Crippen LogP contribution in [0.15, 0.2) is 36.4 Å². The monoisotopic (exact) mass is 306 g/mol. The van der Waals surface area contributed by atoms with E-state index in [4.69, 9.17) is 0 Å². The van der Waals surface area contributed by atoms with E-state index >= 15 is 0 Å². The molecule has 1 N–H and O–H groups in total. The highest BCUT2D eigenvalue weighted by atomic mass is 19.4. The van der Waals surface area contributed by atoms with Crippen molar-refractivity contribution in [2.75, 3.05) is 0 Å². The summed E-state index contributed by atoms with van der Waals surface area (Å²) in [6.07, 6.45) is -2.05. The molecule has 0 aliphatic heterocycles. The molecule has 1 aromatic heterocycles. The van der Waals surface area contributed by atoms with Crippen LogP contribution in [0, 0.1) is 5.92 Å². The molecule has 0 bridgehead atoms. The molecule has 22 heavy (non-hydrogen) atoms. The maximum atomic E-state index is 12.8. The summed E-state index contributed by atoms with van der Waals surface area (Å²) >= 11 is 0. The van der Waals surface area contributed by atoms with Gasteiger partial charge in [0.1, 0.15) is 5.76 Å². The van der Waals surface area contributed by atoms with Crippen LogP contribution in [0.5, 0.6) is 0 Å². The van der Waals surface area contributed by atoms with Gasteiger partial charge in [0.15, 0.2) is 0 Å². The van der Waals surface area contributed by atoms with E-state index in [0.29, 0.717) is 28.9 Å². The number of aliphatic hydroxyl groups is 1. The number of aromatic nitrogens is 2. The van der Waals surface area contributed by atoms with Gasteiger partial charge in [0.05, 0.1) is 17.0 Å². The molecule has 6 heteroatoms. The van der Waals surface area contributed by atoms with Crippen molar-refractivity contribution < 1.29 is 18.3 Å². The van der Waals surface area contributed by atoms with E-state index in [2.05, 4.69) is 10.2 Å². The van der Waals surface area contributed by atoms with Crippen molar-refractivity contribution in [2.24, 2.45) is 5.92 Å².